The Morgan fingerprint density at radius 3 is 2.69 bits per heavy atom. The summed E-state index contributed by atoms with van der Waals surface area (Å²) in [5, 5.41) is 34.9. The van der Waals surface area contributed by atoms with E-state index in [1.807, 2.05) is 26.8 Å². The van der Waals surface area contributed by atoms with Gasteiger partial charge in [0.05, 0.1) is 36.4 Å². The maximum atomic E-state index is 14.9. The highest BCUT2D eigenvalue weighted by atomic mass is 19.1. The zero-order chi connectivity index (χ0) is 26.2. The normalized spacial score (nSPS) is 12.5. The smallest absolute Gasteiger partial charge is 0.404 e. The number of nitriles is 1. The number of nitrogens with one attached hydrogen (secondary N) is 3. The van der Waals surface area contributed by atoms with Gasteiger partial charge in [-0.1, -0.05) is 19.1 Å². The van der Waals surface area contributed by atoms with Gasteiger partial charge in [0.15, 0.2) is 17.5 Å². The van der Waals surface area contributed by atoms with E-state index in [-0.39, 0.29) is 23.1 Å². The van der Waals surface area contributed by atoms with Crippen molar-refractivity contribution in [2.24, 2.45) is 5.92 Å². The van der Waals surface area contributed by atoms with Crippen molar-refractivity contribution < 1.29 is 19.0 Å². The molecule has 0 aromatic carbocycles. The third-order valence-corrected chi connectivity index (χ3v) is 5.14. The van der Waals surface area contributed by atoms with E-state index < -0.39 is 24.0 Å². The topological polar surface area (TPSA) is 163 Å². The van der Waals surface area contributed by atoms with E-state index in [1.54, 1.807) is 19.2 Å². The molecule has 3 aromatic rings. The molecule has 0 spiro atoms. The lowest BCUT2D eigenvalue weighted by molar-refractivity contribution is 0.188. The molecule has 0 fully saturated rings. The van der Waals surface area contributed by atoms with Crippen LogP contribution in [0, 0.1) is 23.1 Å². The number of amides is 1. The van der Waals surface area contributed by atoms with Gasteiger partial charge < -0.3 is 25.8 Å². The van der Waals surface area contributed by atoms with Crippen LogP contribution in [-0.4, -0.2) is 54.9 Å². The van der Waals surface area contributed by atoms with Crippen LogP contribution >= 0.6 is 0 Å². The van der Waals surface area contributed by atoms with Gasteiger partial charge in [-0.2, -0.15) is 5.26 Å². The Morgan fingerprint density at radius 2 is 2.08 bits per heavy atom. The van der Waals surface area contributed by atoms with Gasteiger partial charge in [0.1, 0.15) is 11.8 Å². The summed E-state index contributed by atoms with van der Waals surface area (Å²) in [5.74, 6) is -0.221. The summed E-state index contributed by atoms with van der Waals surface area (Å²) in [7, 11) is 0. The first kappa shape index (κ1) is 26.1. The van der Waals surface area contributed by atoms with Gasteiger partial charge in [-0.05, 0) is 38.3 Å². The molecule has 0 radical (unpaired) electrons. The molecule has 190 valence electrons. The van der Waals surface area contributed by atoms with Gasteiger partial charge in [-0.3, -0.25) is 0 Å². The van der Waals surface area contributed by atoms with Crippen molar-refractivity contribution in [3.05, 3.63) is 42.1 Å². The minimum Gasteiger partial charge on any atom is -0.476 e. The number of hydrogen-bond acceptors (Lipinski definition) is 9. The molecule has 0 saturated carbocycles. The summed E-state index contributed by atoms with van der Waals surface area (Å²) < 4.78 is 21.9. The molecule has 0 saturated heterocycles. The molecule has 3 rings (SSSR count). The zero-order valence-corrected chi connectivity index (χ0v) is 20.4. The fourth-order valence-corrected chi connectivity index (χ4v) is 3.53. The van der Waals surface area contributed by atoms with Crippen LogP contribution in [0.4, 0.5) is 26.5 Å². The Balaban J connectivity index is 1.95. The molecular weight excluding hydrogens is 469 g/mol. The first-order valence-corrected chi connectivity index (χ1v) is 11.3. The zero-order valence-electron chi connectivity index (χ0n) is 20.4. The molecule has 0 bridgehead atoms. The Labute approximate surface area is 207 Å². The Hall–Kier alpha value is -4.47. The number of nitrogens with zero attached hydrogens (tertiary/aromatic N) is 6. The van der Waals surface area contributed by atoms with Crippen molar-refractivity contribution in [1.82, 2.24) is 30.3 Å². The summed E-state index contributed by atoms with van der Waals surface area (Å²) in [6, 6.07) is 3.71. The maximum Gasteiger partial charge on any atom is 0.404 e. The fourth-order valence-electron chi connectivity index (χ4n) is 3.53. The van der Waals surface area contributed by atoms with Gasteiger partial charge in [-0.15, -0.1) is 5.10 Å². The molecule has 4 N–H and O–H groups in total. The van der Waals surface area contributed by atoms with E-state index >= 15 is 0 Å². The van der Waals surface area contributed by atoms with Gasteiger partial charge >= 0.3 is 6.09 Å². The number of hydrogen-bond donors (Lipinski definition) is 4. The quantitative estimate of drug-likeness (QED) is 0.307. The van der Waals surface area contributed by atoms with Gasteiger partial charge in [0, 0.05) is 12.1 Å². The van der Waals surface area contributed by atoms with Gasteiger partial charge in [-0.25, -0.2) is 23.8 Å². The average molecular weight is 498 g/mol. The predicted octanol–water partition coefficient (Wildman–Crippen LogP) is 3.69. The highest BCUT2D eigenvalue weighted by Gasteiger charge is 2.23. The number of aromatic nitrogens is 5. The number of halogens is 1. The molecule has 0 aliphatic carbocycles. The lowest BCUT2D eigenvalue weighted by atomic mass is 9.98. The number of ether oxygens (including phenoxy) is 1. The predicted molar refractivity (Wildman–Crippen MR) is 130 cm³/mol. The molecule has 36 heavy (non-hydrogen) atoms. The molecule has 3 heterocycles. The number of anilines is 3. The van der Waals surface area contributed by atoms with E-state index in [0.717, 1.165) is 6.07 Å². The highest BCUT2D eigenvalue weighted by Crippen LogP contribution is 2.28. The van der Waals surface area contributed by atoms with Crippen LogP contribution in [0.1, 0.15) is 39.7 Å². The summed E-state index contributed by atoms with van der Waals surface area (Å²) in [6.45, 7) is 7.86. The minimum atomic E-state index is -1.18. The number of pyridine rings is 2. The van der Waals surface area contributed by atoms with Gasteiger partial charge in [0.25, 0.3) is 0 Å². The second kappa shape index (κ2) is 11.8. The first-order chi connectivity index (χ1) is 17.2. The highest BCUT2D eigenvalue weighted by molar-refractivity contribution is 5.67. The van der Waals surface area contributed by atoms with Crippen molar-refractivity contribution in [3.63, 3.8) is 0 Å². The molecule has 12 nitrogen and oxygen atoms in total. The van der Waals surface area contributed by atoms with E-state index in [4.69, 9.17) is 9.84 Å². The van der Waals surface area contributed by atoms with Crippen molar-refractivity contribution in [2.45, 2.75) is 46.2 Å². The van der Waals surface area contributed by atoms with Crippen LogP contribution < -0.4 is 20.7 Å². The lowest BCUT2D eigenvalue weighted by Crippen LogP contribution is -2.45. The summed E-state index contributed by atoms with van der Waals surface area (Å²) in [4.78, 5) is 19.8. The maximum absolute atomic E-state index is 14.9. The van der Waals surface area contributed by atoms with Crippen LogP contribution in [0.15, 0.2) is 30.7 Å². The number of carbonyl (C=O) groups is 1. The molecular formula is C23H28FN9O3. The minimum absolute atomic E-state index is 0.0219. The summed E-state index contributed by atoms with van der Waals surface area (Å²) in [6.07, 6.45) is 4.00. The van der Waals surface area contributed by atoms with Crippen molar-refractivity contribution in [1.29, 1.82) is 5.26 Å². The van der Waals surface area contributed by atoms with E-state index in [0.29, 0.717) is 30.3 Å². The van der Waals surface area contributed by atoms with Crippen LogP contribution in [0.3, 0.4) is 0 Å². The second-order valence-corrected chi connectivity index (χ2v) is 8.40. The van der Waals surface area contributed by atoms with E-state index in [9.17, 15) is 14.4 Å². The van der Waals surface area contributed by atoms with E-state index in [2.05, 4.69) is 36.2 Å². The summed E-state index contributed by atoms with van der Waals surface area (Å²) >= 11 is 0. The molecule has 13 heteroatoms. The van der Waals surface area contributed by atoms with Crippen molar-refractivity contribution in [2.75, 3.05) is 17.2 Å². The lowest BCUT2D eigenvalue weighted by Gasteiger charge is -2.27. The largest absolute Gasteiger partial charge is 0.476 e. The number of rotatable bonds is 11. The summed E-state index contributed by atoms with van der Waals surface area (Å²) in [5.41, 5.74) is 0.931. The number of carboxylic acid groups (broad SMARTS) is 1. The third kappa shape index (κ3) is 6.56. The van der Waals surface area contributed by atoms with Crippen molar-refractivity contribution in [3.8, 4) is 17.6 Å². The Morgan fingerprint density at radius 1 is 1.31 bits per heavy atom. The van der Waals surface area contributed by atoms with Crippen molar-refractivity contribution >= 4 is 23.4 Å². The molecule has 0 aliphatic heterocycles. The fraction of sp³-hybridized carbons (Fsp3) is 0.391. The van der Waals surface area contributed by atoms with Crippen LogP contribution in [-0.2, 0) is 0 Å². The SMILES string of the molecule is CCOc1ncc(Nc2nc(N[C@@H](CC(C)C)[C@H](C)NC(=O)O)c(F)cc2C#N)cc1-n1ccnn1. The molecule has 0 aliphatic rings. The molecule has 1 amide bonds. The first-order valence-electron chi connectivity index (χ1n) is 11.3. The molecule has 0 unspecified atom stereocenters. The van der Waals surface area contributed by atoms with Crippen LogP contribution in [0.2, 0.25) is 0 Å². The standard InChI is InChI=1S/C23H28FN9O3/c1-5-36-22-19(33-7-6-27-32-33)10-16(12-26-22)29-20-15(11-25)9-17(24)21(31-20)30-18(8-13(2)3)14(4)28-23(34)35/h6-7,9-10,12-14,18,28H,5,8H2,1-4H3,(H,34,35)(H2,29,30,31)/t14-,18-/m0/s1. The third-order valence-electron chi connectivity index (χ3n) is 5.14. The molecule has 2 atom stereocenters. The Bertz CT molecular complexity index is 1230. The van der Waals surface area contributed by atoms with E-state index in [1.165, 1.54) is 17.1 Å². The monoisotopic (exact) mass is 497 g/mol. The second-order valence-electron chi connectivity index (χ2n) is 8.40. The van der Waals surface area contributed by atoms with Crippen LogP contribution in [0.25, 0.3) is 5.69 Å². The van der Waals surface area contributed by atoms with Crippen LogP contribution in [0.5, 0.6) is 5.88 Å². The molecule has 3 aromatic heterocycles. The average Bonchev–Trinajstić information content (AvgIpc) is 3.35. The van der Waals surface area contributed by atoms with Gasteiger partial charge in [0.2, 0.25) is 5.88 Å². The Kier molecular flexibility index (Phi) is 8.56.